The minimum absolute atomic E-state index is 0.300. The number of nitriles is 1. The number of rotatable bonds is 6. The van der Waals surface area contributed by atoms with Gasteiger partial charge in [0.25, 0.3) is 5.91 Å². The molecule has 2 N–H and O–H groups in total. The molecule has 0 saturated heterocycles. The van der Waals surface area contributed by atoms with Crippen molar-refractivity contribution in [3.8, 4) is 6.19 Å². The predicted molar refractivity (Wildman–Crippen MR) is 103 cm³/mol. The number of nitrogens with zero attached hydrogens (tertiary/aromatic N) is 2. The quantitative estimate of drug-likeness (QED) is 0.475. The third-order valence-corrected chi connectivity index (χ3v) is 3.84. The fourth-order valence-electron chi connectivity index (χ4n) is 2.36. The first-order valence-corrected chi connectivity index (χ1v) is 8.42. The molecule has 1 unspecified atom stereocenters. The van der Waals surface area contributed by atoms with E-state index in [-0.39, 0.29) is 5.91 Å². The van der Waals surface area contributed by atoms with Crippen LogP contribution < -0.4 is 10.6 Å². The van der Waals surface area contributed by atoms with Crippen molar-refractivity contribution < 1.29 is 4.79 Å². The van der Waals surface area contributed by atoms with Crippen LogP contribution in [-0.2, 0) is 11.2 Å². The Balaban J connectivity index is 2.11. The van der Waals surface area contributed by atoms with Gasteiger partial charge < -0.3 is 10.6 Å². The van der Waals surface area contributed by atoms with E-state index in [0.717, 1.165) is 16.2 Å². The molecule has 0 bridgehead atoms. The number of amides is 1. The van der Waals surface area contributed by atoms with E-state index in [4.69, 9.17) is 17.5 Å². The van der Waals surface area contributed by atoms with Gasteiger partial charge in [0.15, 0.2) is 11.3 Å². The Morgan fingerprint density at radius 3 is 2.32 bits per heavy atom. The zero-order chi connectivity index (χ0) is 18.1. The van der Waals surface area contributed by atoms with Gasteiger partial charge in [0.2, 0.25) is 0 Å². The van der Waals surface area contributed by atoms with Gasteiger partial charge in [0.05, 0.1) is 0 Å². The van der Waals surface area contributed by atoms with Crippen molar-refractivity contribution in [3.05, 3.63) is 66.2 Å². The smallest absolute Gasteiger partial charge is 0.258 e. The molecule has 2 aromatic rings. The summed E-state index contributed by atoms with van der Waals surface area (Å²) >= 11 is 5.33. The average molecular weight is 352 g/mol. The second-order valence-electron chi connectivity index (χ2n) is 5.39. The van der Waals surface area contributed by atoms with Crippen molar-refractivity contribution in [2.24, 2.45) is 0 Å². The molecule has 2 aromatic carbocycles. The van der Waals surface area contributed by atoms with Crippen LogP contribution in [0.2, 0.25) is 0 Å². The summed E-state index contributed by atoms with van der Waals surface area (Å²) in [5.74, 6) is -0.300. The zero-order valence-electron chi connectivity index (χ0n) is 14.0. The standard InChI is InChI=1S/C19H20N4OS/c1-2-23(14-20)18(24)17(13-15-9-5-3-6-10-15)22-19(25)21-16-11-7-4-8-12-16/h3-12,17H,2,13H2,1H3,(H2,21,22,25). The van der Waals surface area contributed by atoms with E-state index in [0.29, 0.717) is 18.1 Å². The van der Waals surface area contributed by atoms with E-state index < -0.39 is 6.04 Å². The van der Waals surface area contributed by atoms with E-state index in [1.165, 1.54) is 0 Å². The molecular formula is C19H20N4OS. The zero-order valence-corrected chi connectivity index (χ0v) is 14.8. The number of anilines is 1. The van der Waals surface area contributed by atoms with Crippen LogP contribution in [0.3, 0.4) is 0 Å². The Bertz CT molecular complexity index is 743. The molecular weight excluding hydrogens is 332 g/mol. The van der Waals surface area contributed by atoms with Gasteiger partial charge in [-0.3, -0.25) is 4.79 Å². The minimum Gasteiger partial charge on any atom is -0.350 e. The normalized spacial score (nSPS) is 11.0. The molecule has 0 spiro atoms. The first-order valence-electron chi connectivity index (χ1n) is 8.01. The summed E-state index contributed by atoms with van der Waals surface area (Å²) in [5, 5.41) is 15.6. The van der Waals surface area contributed by atoms with E-state index in [1.54, 1.807) is 6.92 Å². The van der Waals surface area contributed by atoms with Gasteiger partial charge >= 0.3 is 0 Å². The van der Waals surface area contributed by atoms with E-state index in [2.05, 4.69) is 10.6 Å². The van der Waals surface area contributed by atoms with Crippen LogP contribution >= 0.6 is 12.2 Å². The van der Waals surface area contributed by atoms with E-state index in [1.807, 2.05) is 66.9 Å². The molecule has 0 fully saturated rings. The van der Waals surface area contributed by atoms with Crippen LogP contribution in [-0.4, -0.2) is 28.5 Å². The van der Waals surface area contributed by atoms with Crippen molar-refractivity contribution in [1.29, 1.82) is 5.26 Å². The van der Waals surface area contributed by atoms with Crippen LogP contribution in [0.5, 0.6) is 0 Å². The maximum atomic E-state index is 12.7. The summed E-state index contributed by atoms with van der Waals surface area (Å²) in [7, 11) is 0. The van der Waals surface area contributed by atoms with Crippen LogP contribution in [0.15, 0.2) is 60.7 Å². The second kappa shape index (κ2) is 9.40. The van der Waals surface area contributed by atoms with Crippen molar-refractivity contribution in [2.75, 3.05) is 11.9 Å². The number of likely N-dealkylation sites (N-methyl/N-ethyl adjacent to an activating group) is 1. The summed E-state index contributed by atoms with van der Waals surface area (Å²) in [4.78, 5) is 13.8. The number of benzene rings is 2. The van der Waals surface area contributed by atoms with Crippen molar-refractivity contribution in [2.45, 2.75) is 19.4 Å². The molecule has 128 valence electrons. The first kappa shape index (κ1) is 18.4. The first-order chi connectivity index (χ1) is 12.1. The highest BCUT2D eigenvalue weighted by Crippen LogP contribution is 2.08. The molecule has 2 rings (SSSR count). The number of thiocarbonyl (C=S) groups is 1. The van der Waals surface area contributed by atoms with Gasteiger partial charge in [0, 0.05) is 18.7 Å². The van der Waals surface area contributed by atoms with Crippen LogP contribution in [0.25, 0.3) is 0 Å². The molecule has 0 aliphatic rings. The van der Waals surface area contributed by atoms with Gasteiger partial charge in [-0.1, -0.05) is 48.5 Å². The van der Waals surface area contributed by atoms with Gasteiger partial charge in [-0.25, -0.2) is 4.90 Å². The van der Waals surface area contributed by atoms with Gasteiger partial charge in [-0.15, -0.1) is 0 Å². The number of carbonyl (C=O) groups excluding carboxylic acids is 1. The second-order valence-corrected chi connectivity index (χ2v) is 5.80. The number of hydrogen-bond donors (Lipinski definition) is 2. The van der Waals surface area contributed by atoms with Crippen LogP contribution in [0, 0.1) is 11.5 Å². The number of nitrogens with one attached hydrogen (secondary N) is 2. The summed E-state index contributed by atoms with van der Waals surface area (Å²) < 4.78 is 0. The lowest BCUT2D eigenvalue weighted by Crippen LogP contribution is -2.49. The van der Waals surface area contributed by atoms with Crippen molar-refractivity contribution >= 4 is 28.9 Å². The molecule has 0 heterocycles. The lowest BCUT2D eigenvalue weighted by molar-refractivity contribution is -0.129. The maximum Gasteiger partial charge on any atom is 0.258 e. The summed E-state index contributed by atoms with van der Waals surface area (Å²) in [6.45, 7) is 2.09. The summed E-state index contributed by atoms with van der Waals surface area (Å²) in [6.07, 6.45) is 2.36. The lowest BCUT2D eigenvalue weighted by atomic mass is 10.1. The molecule has 0 radical (unpaired) electrons. The third kappa shape index (κ3) is 5.59. The molecule has 1 amide bonds. The monoisotopic (exact) mass is 352 g/mol. The highest BCUT2D eigenvalue weighted by Gasteiger charge is 2.24. The highest BCUT2D eigenvalue weighted by atomic mass is 32.1. The Morgan fingerprint density at radius 2 is 1.76 bits per heavy atom. The maximum absolute atomic E-state index is 12.7. The highest BCUT2D eigenvalue weighted by molar-refractivity contribution is 7.80. The molecule has 5 nitrogen and oxygen atoms in total. The Morgan fingerprint density at radius 1 is 1.16 bits per heavy atom. The van der Waals surface area contributed by atoms with Crippen molar-refractivity contribution in [1.82, 2.24) is 10.2 Å². The van der Waals surface area contributed by atoms with E-state index >= 15 is 0 Å². The topological polar surface area (TPSA) is 68.2 Å². The molecule has 0 aromatic heterocycles. The van der Waals surface area contributed by atoms with E-state index in [9.17, 15) is 4.79 Å². The fraction of sp³-hybridized carbons (Fsp3) is 0.211. The summed E-state index contributed by atoms with van der Waals surface area (Å²) in [5.41, 5.74) is 1.82. The molecule has 0 saturated carbocycles. The fourth-order valence-corrected chi connectivity index (χ4v) is 2.62. The Kier molecular flexibility index (Phi) is 6.93. The molecule has 1 atom stereocenters. The van der Waals surface area contributed by atoms with Gasteiger partial charge in [-0.05, 0) is 36.8 Å². The minimum atomic E-state index is -0.620. The average Bonchev–Trinajstić information content (AvgIpc) is 2.63. The van der Waals surface area contributed by atoms with Crippen molar-refractivity contribution in [3.63, 3.8) is 0 Å². The molecule has 0 aliphatic carbocycles. The molecule has 0 aliphatic heterocycles. The largest absolute Gasteiger partial charge is 0.350 e. The number of para-hydroxylation sites is 1. The number of carbonyl (C=O) groups is 1. The SMILES string of the molecule is CCN(C#N)C(=O)C(Cc1ccccc1)NC(=S)Nc1ccccc1. The Hall–Kier alpha value is -2.91. The lowest BCUT2D eigenvalue weighted by Gasteiger charge is -2.23. The third-order valence-electron chi connectivity index (χ3n) is 3.62. The number of hydrogen-bond acceptors (Lipinski definition) is 3. The van der Waals surface area contributed by atoms with Crippen LogP contribution in [0.4, 0.5) is 5.69 Å². The Labute approximate surface area is 153 Å². The summed E-state index contributed by atoms with van der Waals surface area (Å²) in [6, 6.07) is 18.5. The van der Waals surface area contributed by atoms with Gasteiger partial charge in [0.1, 0.15) is 6.04 Å². The van der Waals surface area contributed by atoms with Crippen LogP contribution in [0.1, 0.15) is 12.5 Å². The molecule has 25 heavy (non-hydrogen) atoms. The predicted octanol–water partition coefficient (Wildman–Crippen LogP) is 2.91. The van der Waals surface area contributed by atoms with Gasteiger partial charge in [-0.2, -0.15) is 5.26 Å². The molecule has 6 heteroatoms.